The first-order valence-electron chi connectivity index (χ1n) is 3.32. The molecule has 0 aliphatic carbocycles. The molecule has 11 heavy (non-hydrogen) atoms. The van der Waals surface area contributed by atoms with E-state index < -0.39 is 0 Å². The topological polar surface area (TPSA) is 12.9 Å². The number of hydrogen-bond acceptors (Lipinski definition) is 2. The van der Waals surface area contributed by atoms with E-state index >= 15 is 0 Å². The Bertz CT molecular complexity index is 313. The highest BCUT2D eigenvalue weighted by atomic mass is 32.1. The van der Waals surface area contributed by atoms with Crippen molar-refractivity contribution in [1.82, 2.24) is 4.98 Å². The van der Waals surface area contributed by atoms with E-state index in [4.69, 9.17) is 0 Å². The van der Waals surface area contributed by atoms with Crippen LogP contribution in [0, 0.1) is 6.07 Å². The summed E-state index contributed by atoms with van der Waals surface area (Å²) in [5.41, 5.74) is 1.07. The quantitative estimate of drug-likeness (QED) is 0.625. The molecule has 1 radical (unpaired) electrons. The lowest BCUT2D eigenvalue weighted by molar-refractivity contribution is 1.33. The van der Waals surface area contributed by atoms with Gasteiger partial charge in [-0.25, -0.2) is 0 Å². The summed E-state index contributed by atoms with van der Waals surface area (Å²) >= 11 is 1.70. The molecule has 2 aromatic heterocycles. The number of thiophene rings is 1. The molecule has 2 rings (SSSR count). The Kier molecular flexibility index (Phi) is 1.69. The Labute approximate surface area is 69.3 Å². The van der Waals surface area contributed by atoms with Crippen LogP contribution < -0.4 is 0 Å². The Morgan fingerprint density at radius 2 is 2.45 bits per heavy atom. The van der Waals surface area contributed by atoms with Gasteiger partial charge in [0.1, 0.15) is 0 Å². The summed E-state index contributed by atoms with van der Waals surface area (Å²) in [6, 6.07) is 9.04. The van der Waals surface area contributed by atoms with Crippen LogP contribution in [0.5, 0.6) is 0 Å². The summed E-state index contributed by atoms with van der Waals surface area (Å²) in [6.45, 7) is 0. The van der Waals surface area contributed by atoms with Gasteiger partial charge in [-0.1, -0.05) is 6.07 Å². The minimum atomic E-state index is 1.07. The average Bonchev–Trinajstić information content (AvgIpc) is 2.58. The summed E-state index contributed by atoms with van der Waals surface area (Å²) in [6.07, 6.45) is 3.56. The molecular formula is C9H6NS. The molecule has 0 spiro atoms. The maximum Gasteiger partial charge on any atom is 0.0364 e. The molecule has 53 valence electrons. The van der Waals surface area contributed by atoms with Crippen LogP contribution in [-0.4, -0.2) is 4.98 Å². The molecule has 0 saturated carbocycles. The number of aromatic nitrogens is 1. The number of rotatable bonds is 1. The van der Waals surface area contributed by atoms with Crippen molar-refractivity contribution in [1.29, 1.82) is 0 Å². The second kappa shape index (κ2) is 2.84. The molecule has 0 saturated heterocycles. The van der Waals surface area contributed by atoms with Crippen LogP contribution in [0.1, 0.15) is 0 Å². The third-order valence-corrected chi connectivity index (χ3v) is 2.29. The lowest BCUT2D eigenvalue weighted by Gasteiger charge is -1.91. The summed E-state index contributed by atoms with van der Waals surface area (Å²) < 4.78 is 0. The summed E-state index contributed by atoms with van der Waals surface area (Å²) in [4.78, 5) is 5.24. The van der Waals surface area contributed by atoms with Crippen molar-refractivity contribution in [2.75, 3.05) is 0 Å². The number of pyridine rings is 1. The Morgan fingerprint density at radius 1 is 1.45 bits per heavy atom. The highest BCUT2D eigenvalue weighted by Gasteiger charge is 1.95. The summed E-state index contributed by atoms with van der Waals surface area (Å²) in [5, 5.41) is 2.05. The Hall–Kier alpha value is -1.15. The molecule has 0 fully saturated rings. The van der Waals surface area contributed by atoms with Gasteiger partial charge in [0, 0.05) is 22.8 Å². The predicted molar refractivity (Wildman–Crippen MR) is 46.4 cm³/mol. The zero-order valence-corrected chi connectivity index (χ0v) is 6.64. The standard InChI is InChI=1S/C9H6NS/c1-3-8(7-10-5-1)9-4-2-6-11-9/h1-2,4-7H. The highest BCUT2D eigenvalue weighted by Crippen LogP contribution is 2.22. The molecule has 0 bridgehead atoms. The average molecular weight is 160 g/mol. The van der Waals surface area contributed by atoms with Crippen LogP contribution in [0.4, 0.5) is 0 Å². The van der Waals surface area contributed by atoms with Crippen molar-refractivity contribution in [3.05, 3.63) is 42.0 Å². The fourth-order valence-corrected chi connectivity index (χ4v) is 1.59. The molecule has 1 nitrogen and oxygen atoms in total. The van der Waals surface area contributed by atoms with E-state index in [-0.39, 0.29) is 0 Å². The Balaban J connectivity index is 2.46. The Morgan fingerprint density at radius 3 is 3.09 bits per heavy atom. The first kappa shape index (κ1) is 6.55. The van der Waals surface area contributed by atoms with Crippen molar-refractivity contribution in [3.63, 3.8) is 0 Å². The zero-order chi connectivity index (χ0) is 7.52. The van der Waals surface area contributed by atoms with Gasteiger partial charge in [0.05, 0.1) is 0 Å². The fraction of sp³-hybridized carbons (Fsp3) is 0. The highest BCUT2D eigenvalue weighted by molar-refractivity contribution is 7.13. The third kappa shape index (κ3) is 1.30. The van der Waals surface area contributed by atoms with Gasteiger partial charge in [-0.05, 0) is 23.6 Å². The minimum absolute atomic E-state index is 1.07. The third-order valence-electron chi connectivity index (χ3n) is 1.39. The lowest BCUT2D eigenvalue weighted by Crippen LogP contribution is -1.72. The van der Waals surface area contributed by atoms with Gasteiger partial charge >= 0.3 is 0 Å². The second-order valence-electron chi connectivity index (χ2n) is 2.13. The van der Waals surface area contributed by atoms with E-state index in [1.54, 1.807) is 17.5 Å². The monoisotopic (exact) mass is 160 g/mol. The van der Waals surface area contributed by atoms with E-state index in [1.807, 2.05) is 18.3 Å². The molecule has 0 aliphatic rings. The van der Waals surface area contributed by atoms with Crippen LogP contribution in [0.2, 0.25) is 0 Å². The van der Waals surface area contributed by atoms with Gasteiger partial charge in [0.15, 0.2) is 0 Å². The van der Waals surface area contributed by atoms with Gasteiger partial charge in [-0.2, -0.15) is 0 Å². The summed E-state index contributed by atoms with van der Waals surface area (Å²) in [5.74, 6) is 0. The van der Waals surface area contributed by atoms with E-state index in [0.717, 1.165) is 5.56 Å². The van der Waals surface area contributed by atoms with E-state index in [1.165, 1.54) is 4.88 Å². The second-order valence-corrected chi connectivity index (χ2v) is 3.08. The smallest absolute Gasteiger partial charge is 0.0364 e. The van der Waals surface area contributed by atoms with Gasteiger partial charge in [-0.3, -0.25) is 4.98 Å². The normalized spacial score (nSPS) is 9.82. The SMILES string of the molecule is [c]1ccncc1-c1cccs1. The van der Waals surface area contributed by atoms with Crippen LogP contribution in [-0.2, 0) is 0 Å². The minimum Gasteiger partial charge on any atom is -0.264 e. The largest absolute Gasteiger partial charge is 0.264 e. The number of hydrogen-bond donors (Lipinski definition) is 0. The van der Waals surface area contributed by atoms with Crippen molar-refractivity contribution < 1.29 is 0 Å². The molecule has 2 heteroatoms. The maximum atomic E-state index is 4.02. The fourth-order valence-electron chi connectivity index (χ4n) is 0.891. The molecule has 0 unspecified atom stereocenters. The van der Waals surface area contributed by atoms with E-state index in [0.29, 0.717) is 0 Å². The van der Waals surface area contributed by atoms with Crippen LogP contribution >= 0.6 is 11.3 Å². The number of nitrogens with zero attached hydrogens (tertiary/aromatic N) is 1. The van der Waals surface area contributed by atoms with Crippen LogP contribution in [0.3, 0.4) is 0 Å². The predicted octanol–water partition coefficient (Wildman–Crippen LogP) is 2.61. The van der Waals surface area contributed by atoms with Gasteiger partial charge in [0.2, 0.25) is 0 Å². The first-order chi connectivity index (χ1) is 5.47. The molecular weight excluding hydrogens is 154 g/mol. The van der Waals surface area contributed by atoms with Crippen LogP contribution in [0.25, 0.3) is 10.4 Å². The van der Waals surface area contributed by atoms with Crippen molar-refractivity contribution in [3.8, 4) is 10.4 Å². The maximum absolute atomic E-state index is 4.02. The molecule has 0 aromatic carbocycles. The van der Waals surface area contributed by atoms with Gasteiger partial charge < -0.3 is 0 Å². The lowest BCUT2D eigenvalue weighted by atomic mass is 10.2. The molecule has 2 aromatic rings. The molecule has 0 aliphatic heterocycles. The molecule has 0 N–H and O–H groups in total. The molecule has 0 amide bonds. The van der Waals surface area contributed by atoms with Crippen molar-refractivity contribution in [2.24, 2.45) is 0 Å². The first-order valence-corrected chi connectivity index (χ1v) is 4.20. The molecule has 2 heterocycles. The zero-order valence-electron chi connectivity index (χ0n) is 5.82. The van der Waals surface area contributed by atoms with Crippen molar-refractivity contribution >= 4 is 11.3 Å². The summed E-state index contributed by atoms with van der Waals surface area (Å²) in [7, 11) is 0. The van der Waals surface area contributed by atoms with Crippen LogP contribution in [0.15, 0.2) is 36.0 Å². The van der Waals surface area contributed by atoms with Gasteiger partial charge in [-0.15, -0.1) is 11.3 Å². The van der Waals surface area contributed by atoms with Crippen molar-refractivity contribution in [2.45, 2.75) is 0 Å². The van der Waals surface area contributed by atoms with E-state index in [9.17, 15) is 0 Å². The molecule has 0 atom stereocenters. The van der Waals surface area contributed by atoms with E-state index in [2.05, 4.69) is 22.5 Å². The van der Waals surface area contributed by atoms with Gasteiger partial charge in [0.25, 0.3) is 0 Å².